The molecule has 0 amide bonds. The predicted octanol–water partition coefficient (Wildman–Crippen LogP) is 6.21. The van der Waals surface area contributed by atoms with Gasteiger partial charge < -0.3 is 15.7 Å². The van der Waals surface area contributed by atoms with Crippen molar-refractivity contribution in [2.75, 3.05) is 17.2 Å². The molecule has 0 radical (unpaired) electrons. The molecule has 1 aromatic carbocycles. The largest absolute Gasteiger partial charge is 0.396 e. The van der Waals surface area contributed by atoms with E-state index in [-0.39, 0.29) is 18.7 Å². The van der Waals surface area contributed by atoms with E-state index in [0.29, 0.717) is 5.95 Å². The van der Waals surface area contributed by atoms with Crippen molar-refractivity contribution in [3.05, 3.63) is 59.0 Å². The Balaban J connectivity index is 1.73. The van der Waals surface area contributed by atoms with Crippen molar-refractivity contribution in [3.8, 4) is 10.6 Å². The van der Waals surface area contributed by atoms with E-state index < -0.39 is 0 Å². The first kappa shape index (κ1) is 25.0. The van der Waals surface area contributed by atoms with Crippen LogP contribution in [-0.4, -0.2) is 37.7 Å². The van der Waals surface area contributed by atoms with Crippen molar-refractivity contribution in [1.29, 1.82) is 0 Å². The lowest BCUT2D eigenvalue weighted by atomic mass is 10.1. The molecule has 0 bridgehead atoms. The van der Waals surface area contributed by atoms with E-state index in [1.165, 1.54) is 11.1 Å². The van der Waals surface area contributed by atoms with Gasteiger partial charge in [-0.05, 0) is 58.6 Å². The summed E-state index contributed by atoms with van der Waals surface area (Å²) in [6.07, 6.45) is 4.35. The molecule has 1 unspecified atom stereocenters. The van der Waals surface area contributed by atoms with Gasteiger partial charge in [0.05, 0.1) is 28.2 Å². The standard InChI is InChI=1S/C27H34N6OS/c1-6-21(8-7-13-34)31-25-24(26-32-22-15-28-17(3)14-23(22)35-26)19(5)30-27(33-25)29-18(4)20-11-9-16(2)10-12-20/h9-12,14-15,18,21,34H,6-8,13H2,1-5H3,(H2,29,30,31,33)/t18-,21?/m1/s1. The molecule has 0 aliphatic heterocycles. The molecule has 0 aliphatic rings. The van der Waals surface area contributed by atoms with Gasteiger partial charge >= 0.3 is 0 Å². The fraction of sp³-hybridized carbons (Fsp3) is 0.407. The third kappa shape index (κ3) is 5.94. The maximum atomic E-state index is 9.35. The molecule has 3 aromatic heterocycles. The monoisotopic (exact) mass is 490 g/mol. The van der Waals surface area contributed by atoms with Gasteiger partial charge in [0, 0.05) is 18.3 Å². The number of hydrogen-bond donors (Lipinski definition) is 3. The Morgan fingerprint density at radius 2 is 1.80 bits per heavy atom. The predicted molar refractivity (Wildman–Crippen MR) is 145 cm³/mol. The zero-order valence-electron chi connectivity index (χ0n) is 21.1. The van der Waals surface area contributed by atoms with Gasteiger partial charge in [-0.3, -0.25) is 4.98 Å². The lowest BCUT2D eigenvalue weighted by molar-refractivity contribution is 0.280. The Morgan fingerprint density at radius 1 is 1.03 bits per heavy atom. The normalized spacial score (nSPS) is 13.1. The van der Waals surface area contributed by atoms with E-state index in [1.54, 1.807) is 11.3 Å². The quantitative estimate of drug-likeness (QED) is 0.243. The highest BCUT2D eigenvalue weighted by molar-refractivity contribution is 7.21. The molecule has 4 aromatic rings. The molecule has 2 atom stereocenters. The number of thiazole rings is 1. The van der Waals surface area contributed by atoms with Crippen LogP contribution in [0.2, 0.25) is 0 Å². The number of rotatable bonds is 10. The number of fused-ring (bicyclic) bond motifs is 1. The minimum atomic E-state index is 0.0570. The molecule has 184 valence electrons. The highest BCUT2D eigenvalue weighted by Gasteiger charge is 2.21. The van der Waals surface area contributed by atoms with Crippen LogP contribution >= 0.6 is 11.3 Å². The fourth-order valence-electron chi connectivity index (χ4n) is 4.08. The number of aliphatic hydroxyl groups is 1. The first-order chi connectivity index (χ1) is 16.9. The molecular formula is C27H34N6OS. The minimum absolute atomic E-state index is 0.0570. The Labute approximate surface area is 211 Å². The van der Waals surface area contributed by atoms with Crippen molar-refractivity contribution in [2.45, 2.75) is 66.0 Å². The van der Waals surface area contributed by atoms with Crippen LogP contribution in [0.5, 0.6) is 0 Å². The van der Waals surface area contributed by atoms with Crippen LogP contribution in [-0.2, 0) is 0 Å². The van der Waals surface area contributed by atoms with Crippen molar-refractivity contribution in [2.24, 2.45) is 0 Å². The third-order valence-corrected chi connectivity index (χ3v) is 7.22. The molecule has 0 saturated carbocycles. The summed E-state index contributed by atoms with van der Waals surface area (Å²) in [5, 5.41) is 17.3. The highest BCUT2D eigenvalue weighted by Crippen LogP contribution is 2.37. The molecule has 0 aliphatic carbocycles. The summed E-state index contributed by atoms with van der Waals surface area (Å²) in [6.45, 7) is 10.5. The van der Waals surface area contributed by atoms with E-state index in [2.05, 4.69) is 66.7 Å². The molecule has 3 heterocycles. The van der Waals surface area contributed by atoms with Gasteiger partial charge in [-0.2, -0.15) is 4.98 Å². The number of nitrogens with one attached hydrogen (secondary N) is 2. The minimum Gasteiger partial charge on any atom is -0.396 e. The number of anilines is 2. The maximum Gasteiger partial charge on any atom is 0.225 e. The molecule has 0 saturated heterocycles. The van der Waals surface area contributed by atoms with Crippen LogP contribution in [0.25, 0.3) is 20.8 Å². The van der Waals surface area contributed by atoms with Gasteiger partial charge in [0.25, 0.3) is 0 Å². The lowest BCUT2D eigenvalue weighted by Gasteiger charge is -2.21. The molecule has 8 heteroatoms. The molecule has 35 heavy (non-hydrogen) atoms. The fourth-order valence-corrected chi connectivity index (χ4v) is 5.21. The highest BCUT2D eigenvalue weighted by atomic mass is 32.1. The van der Waals surface area contributed by atoms with Crippen LogP contribution in [0.3, 0.4) is 0 Å². The number of aliphatic hydroxyl groups excluding tert-OH is 1. The third-order valence-electron chi connectivity index (χ3n) is 6.18. The summed E-state index contributed by atoms with van der Waals surface area (Å²) >= 11 is 1.63. The first-order valence-corrected chi connectivity index (χ1v) is 13.0. The summed E-state index contributed by atoms with van der Waals surface area (Å²) in [4.78, 5) is 19.0. The van der Waals surface area contributed by atoms with E-state index >= 15 is 0 Å². The summed E-state index contributed by atoms with van der Waals surface area (Å²) in [6, 6.07) is 10.8. The van der Waals surface area contributed by atoms with Gasteiger partial charge in [0.2, 0.25) is 5.95 Å². The van der Waals surface area contributed by atoms with E-state index in [4.69, 9.17) is 15.0 Å². The zero-order chi connectivity index (χ0) is 24.9. The average molecular weight is 491 g/mol. The molecule has 0 spiro atoms. The van der Waals surface area contributed by atoms with Crippen LogP contribution in [0.15, 0.2) is 36.5 Å². The summed E-state index contributed by atoms with van der Waals surface area (Å²) < 4.78 is 1.10. The number of hydrogen-bond acceptors (Lipinski definition) is 8. The van der Waals surface area contributed by atoms with Gasteiger partial charge in [-0.1, -0.05) is 36.8 Å². The van der Waals surface area contributed by atoms with Crippen molar-refractivity contribution >= 4 is 33.3 Å². The average Bonchev–Trinajstić information content (AvgIpc) is 3.24. The smallest absolute Gasteiger partial charge is 0.225 e. The second kappa shape index (κ2) is 11.1. The van der Waals surface area contributed by atoms with Crippen LogP contribution in [0, 0.1) is 20.8 Å². The van der Waals surface area contributed by atoms with Crippen LogP contribution in [0.4, 0.5) is 11.8 Å². The van der Waals surface area contributed by atoms with Gasteiger partial charge in [-0.25, -0.2) is 9.97 Å². The van der Waals surface area contributed by atoms with E-state index in [0.717, 1.165) is 57.3 Å². The number of benzene rings is 1. The van der Waals surface area contributed by atoms with Crippen molar-refractivity contribution in [3.63, 3.8) is 0 Å². The van der Waals surface area contributed by atoms with Crippen LogP contribution < -0.4 is 10.6 Å². The molecule has 4 rings (SSSR count). The van der Waals surface area contributed by atoms with E-state index in [9.17, 15) is 5.11 Å². The van der Waals surface area contributed by atoms with Crippen LogP contribution in [0.1, 0.15) is 61.7 Å². The lowest BCUT2D eigenvalue weighted by Crippen LogP contribution is -2.21. The number of aromatic nitrogens is 4. The second-order valence-corrected chi connectivity index (χ2v) is 10.1. The first-order valence-electron chi connectivity index (χ1n) is 12.2. The molecule has 7 nitrogen and oxygen atoms in total. The summed E-state index contributed by atoms with van der Waals surface area (Å²) in [5.74, 6) is 1.35. The molecule has 3 N–H and O–H groups in total. The number of pyridine rings is 1. The van der Waals surface area contributed by atoms with Gasteiger partial charge in [0.1, 0.15) is 16.3 Å². The zero-order valence-corrected chi connectivity index (χ0v) is 21.9. The Bertz CT molecular complexity index is 1290. The summed E-state index contributed by atoms with van der Waals surface area (Å²) in [7, 11) is 0. The van der Waals surface area contributed by atoms with Crippen molar-refractivity contribution in [1.82, 2.24) is 19.9 Å². The number of nitrogens with zero attached hydrogens (tertiary/aromatic N) is 4. The van der Waals surface area contributed by atoms with Gasteiger partial charge in [-0.15, -0.1) is 11.3 Å². The Kier molecular flexibility index (Phi) is 7.93. The van der Waals surface area contributed by atoms with Crippen molar-refractivity contribution < 1.29 is 5.11 Å². The topological polar surface area (TPSA) is 95.8 Å². The molecular weight excluding hydrogens is 456 g/mol. The maximum absolute atomic E-state index is 9.35. The second-order valence-electron chi connectivity index (χ2n) is 9.06. The van der Waals surface area contributed by atoms with Gasteiger partial charge in [0.15, 0.2) is 0 Å². The molecule has 0 fully saturated rings. The number of aryl methyl sites for hydroxylation is 3. The Hall–Kier alpha value is -3.10. The summed E-state index contributed by atoms with van der Waals surface area (Å²) in [5.41, 5.74) is 6.04. The SMILES string of the molecule is CCC(CCCO)Nc1nc(N[C@H](C)c2ccc(C)cc2)nc(C)c1-c1nc2cnc(C)cc2s1. The Morgan fingerprint density at radius 3 is 2.51 bits per heavy atom. The van der Waals surface area contributed by atoms with E-state index in [1.807, 2.05) is 20.0 Å².